The van der Waals surface area contributed by atoms with E-state index in [9.17, 15) is 18.1 Å². The minimum atomic E-state index is -4.79. The second-order valence-corrected chi connectivity index (χ2v) is 10.0. The number of fused-ring (bicyclic) bond motifs is 1. The van der Waals surface area contributed by atoms with E-state index in [2.05, 4.69) is 20.5 Å². The normalized spacial score (nSPS) is 11.9. The topological polar surface area (TPSA) is 198 Å². The van der Waals surface area contributed by atoms with Crippen LogP contribution in [0.25, 0.3) is 10.8 Å². The van der Waals surface area contributed by atoms with Gasteiger partial charge in [0.25, 0.3) is 10.1 Å². The lowest BCUT2D eigenvalue weighted by Gasteiger charge is -2.11. The first kappa shape index (κ1) is 29.2. The maximum absolute atomic E-state index is 12.1. The number of nitrogen functional groups attached to an aromatic ring is 1. The fourth-order valence-electron chi connectivity index (χ4n) is 3.86. The first-order valence-electron chi connectivity index (χ1n) is 12.0. The van der Waals surface area contributed by atoms with Crippen molar-refractivity contribution in [2.24, 2.45) is 20.5 Å². The Morgan fingerprint density at radius 2 is 1.59 bits per heavy atom. The summed E-state index contributed by atoms with van der Waals surface area (Å²) in [5, 5.41) is 37.1. The molecule has 0 aliphatic carbocycles. The molecule has 214 valence electrons. The monoisotopic (exact) mass is 581 g/mol. The minimum absolute atomic E-state index is 0.0579. The van der Waals surface area contributed by atoms with Gasteiger partial charge in [0, 0.05) is 23.2 Å². The Morgan fingerprint density at radius 3 is 2.27 bits per heavy atom. The highest BCUT2D eigenvalue weighted by Gasteiger charge is 2.22. The predicted molar refractivity (Wildman–Crippen MR) is 151 cm³/mol. The maximum atomic E-state index is 12.1. The van der Waals surface area contributed by atoms with Crippen LogP contribution in [0, 0.1) is 6.92 Å². The summed E-state index contributed by atoms with van der Waals surface area (Å²) in [5.74, 6) is 0.632. The lowest BCUT2D eigenvalue weighted by molar-refractivity contribution is 0.201. The van der Waals surface area contributed by atoms with Crippen molar-refractivity contribution in [2.45, 2.75) is 11.8 Å². The van der Waals surface area contributed by atoms with Gasteiger partial charge in [0.15, 0.2) is 11.5 Å². The van der Waals surface area contributed by atoms with Gasteiger partial charge in [0.1, 0.15) is 40.1 Å². The first-order chi connectivity index (χ1) is 19.5. The number of benzene rings is 4. The average Bonchev–Trinajstić information content (AvgIpc) is 2.94. The number of ether oxygens (including phenoxy) is 3. The standard InChI is InChI=1S/C27H27N5O8S/c1-15-10-22(31-32-26-25(41(35,36)37)12-16-11-17(28)4-6-19(16)27(26)34)23(39-3)14-21(15)30-29-20-7-5-18(38-2)13-24(20)40-9-8-33/h4-7,10-14,33-34H,8-9,28H2,1-3H3,(H,35,36,37). The summed E-state index contributed by atoms with van der Waals surface area (Å²) in [6, 6.07) is 13.7. The molecule has 13 nitrogen and oxygen atoms in total. The van der Waals surface area contributed by atoms with Gasteiger partial charge in [-0.3, -0.25) is 4.55 Å². The number of aliphatic hydroxyl groups excluding tert-OH is 1. The molecule has 0 saturated heterocycles. The Morgan fingerprint density at radius 1 is 0.854 bits per heavy atom. The number of aromatic hydroxyl groups is 1. The molecule has 0 saturated carbocycles. The third-order valence-electron chi connectivity index (χ3n) is 5.89. The number of hydrogen-bond acceptors (Lipinski definition) is 12. The third-order valence-corrected chi connectivity index (χ3v) is 6.76. The Bertz CT molecular complexity index is 1770. The third kappa shape index (κ3) is 6.51. The molecule has 0 radical (unpaired) electrons. The second-order valence-electron chi connectivity index (χ2n) is 8.64. The van der Waals surface area contributed by atoms with Crippen LogP contribution in [-0.2, 0) is 10.1 Å². The molecule has 0 spiro atoms. The summed E-state index contributed by atoms with van der Waals surface area (Å²) in [6.45, 7) is 1.62. The van der Waals surface area contributed by atoms with E-state index in [0.29, 0.717) is 39.5 Å². The highest BCUT2D eigenvalue weighted by molar-refractivity contribution is 7.86. The largest absolute Gasteiger partial charge is 0.505 e. The summed E-state index contributed by atoms with van der Waals surface area (Å²) in [7, 11) is -1.87. The SMILES string of the molecule is COc1ccc(N=Nc2cc(OC)c(N=Nc3c(S(=O)(=O)O)cc4cc(N)ccc4c3O)cc2C)c(OCCO)c1. The number of nitrogens with two attached hydrogens (primary N) is 1. The van der Waals surface area contributed by atoms with Gasteiger partial charge in [0.05, 0.1) is 26.5 Å². The van der Waals surface area contributed by atoms with Gasteiger partial charge in [-0.05, 0) is 60.3 Å². The molecule has 14 heteroatoms. The summed E-state index contributed by atoms with van der Waals surface area (Å²) < 4.78 is 50.2. The van der Waals surface area contributed by atoms with Crippen molar-refractivity contribution in [2.75, 3.05) is 33.2 Å². The van der Waals surface area contributed by atoms with Crippen molar-refractivity contribution in [3.8, 4) is 23.0 Å². The molecule has 0 unspecified atom stereocenters. The highest BCUT2D eigenvalue weighted by Crippen LogP contribution is 2.43. The molecule has 0 heterocycles. The van der Waals surface area contributed by atoms with Crippen molar-refractivity contribution >= 4 is 49.3 Å². The number of hydrogen-bond donors (Lipinski definition) is 4. The Kier molecular flexibility index (Phi) is 8.66. The number of rotatable bonds is 10. The van der Waals surface area contributed by atoms with Crippen LogP contribution in [0.3, 0.4) is 0 Å². The van der Waals surface area contributed by atoms with E-state index in [1.807, 2.05) is 0 Å². The van der Waals surface area contributed by atoms with Crippen LogP contribution in [0.5, 0.6) is 23.0 Å². The predicted octanol–water partition coefficient (Wildman–Crippen LogP) is 5.90. The van der Waals surface area contributed by atoms with E-state index in [-0.39, 0.29) is 30.0 Å². The first-order valence-corrected chi connectivity index (χ1v) is 13.5. The van der Waals surface area contributed by atoms with Crippen molar-refractivity contribution < 1.29 is 37.4 Å². The van der Waals surface area contributed by atoms with Gasteiger partial charge in [-0.15, -0.1) is 15.3 Å². The molecule has 4 rings (SSSR count). The molecule has 41 heavy (non-hydrogen) atoms. The molecular weight excluding hydrogens is 554 g/mol. The number of nitrogens with zero attached hydrogens (tertiary/aromatic N) is 4. The van der Waals surface area contributed by atoms with Crippen molar-refractivity contribution in [1.82, 2.24) is 0 Å². The molecule has 0 fully saturated rings. The molecule has 0 aromatic heterocycles. The van der Waals surface area contributed by atoms with Crippen LogP contribution < -0.4 is 19.9 Å². The Balaban J connectivity index is 1.73. The molecular formula is C27H27N5O8S. The highest BCUT2D eigenvalue weighted by atomic mass is 32.2. The summed E-state index contributed by atoms with van der Waals surface area (Å²) in [4.78, 5) is -0.642. The van der Waals surface area contributed by atoms with Crippen LogP contribution in [0.4, 0.5) is 28.4 Å². The second kappa shape index (κ2) is 12.2. The molecule has 0 aliphatic rings. The number of azo groups is 2. The van der Waals surface area contributed by atoms with E-state index in [0.717, 1.165) is 6.07 Å². The van der Waals surface area contributed by atoms with E-state index in [4.69, 9.17) is 25.1 Å². The lowest BCUT2D eigenvalue weighted by Crippen LogP contribution is -2.01. The Hall–Kier alpha value is -4.79. The Labute approximate surface area is 235 Å². The molecule has 0 amide bonds. The van der Waals surface area contributed by atoms with Crippen LogP contribution in [-0.4, -0.2) is 50.6 Å². The number of anilines is 1. The van der Waals surface area contributed by atoms with Crippen LogP contribution in [0.15, 0.2) is 79.9 Å². The van der Waals surface area contributed by atoms with Gasteiger partial charge >= 0.3 is 0 Å². The van der Waals surface area contributed by atoms with E-state index >= 15 is 0 Å². The van der Waals surface area contributed by atoms with Crippen LogP contribution in [0.2, 0.25) is 0 Å². The number of methoxy groups -OCH3 is 2. The zero-order valence-electron chi connectivity index (χ0n) is 22.3. The quantitative estimate of drug-likeness (QED) is 0.0999. The van der Waals surface area contributed by atoms with Crippen molar-refractivity contribution in [3.63, 3.8) is 0 Å². The zero-order chi connectivity index (χ0) is 29.7. The molecule has 4 aromatic carbocycles. The summed E-state index contributed by atoms with van der Waals surface area (Å²) >= 11 is 0. The van der Waals surface area contributed by atoms with Crippen molar-refractivity contribution in [3.05, 3.63) is 60.2 Å². The van der Waals surface area contributed by atoms with Gasteiger partial charge in [-0.25, -0.2) is 0 Å². The minimum Gasteiger partial charge on any atom is -0.505 e. The van der Waals surface area contributed by atoms with Gasteiger partial charge < -0.3 is 30.2 Å². The fraction of sp³-hybridized carbons (Fsp3) is 0.185. The fourth-order valence-corrected chi connectivity index (χ4v) is 4.52. The van der Waals surface area contributed by atoms with Gasteiger partial charge in [-0.1, -0.05) is 0 Å². The van der Waals surface area contributed by atoms with Crippen molar-refractivity contribution in [1.29, 1.82) is 0 Å². The molecule has 0 atom stereocenters. The zero-order valence-corrected chi connectivity index (χ0v) is 23.1. The number of aliphatic hydroxyl groups is 1. The smallest absolute Gasteiger partial charge is 0.296 e. The average molecular weight is 582 g/mol. The van der Waals surface area contributed by atoms with Gasteiger partial charge in [0.2, 0.25) is 0 Å². The number of phenolic OH excluding ortho intramolecular Hbond substituents is 1. The van der Waals surface area contributed by atoms with E-state index in [1.165, 1.54) is 32.4 Å². The maximum Gasteiger partial charge on any atom is 0.296 e. The molecule has 4 aromatic rings. The van der Waals surface area contributed by atoms with Gasteiger partial charge in [-0.2, -0.15) is 13.5 Å². The lowest BCUT2D eigenvalue weighted by atomic mass is 10.1. The molecule has 5 N–H and O–H groups in total. The molecule has 0 bridgehead atoms. The number of phenols is 1. The summed E-state index contributed by atoms with van der Waals surface area (Å²) in [5.41, 5.74) is 7.28. The number of aryl methyl sites for hydroxylation is 1. The van der Waals surface area contributed by atoms with Crippen LogP contribution >= 0.6 is 0 Å². The van der Waals surface area contributed by atoms with E-state index in [1.54, 1.807) is 37.3 Å². The van der Waals surface area contributed by atoms with E-state index < -0.39 is 26.5 Å². The van der Waals surface area contributed by atoms with Crippen LogP contribution in [0.1, 0.15) is 5.56 Å². The molecule has 0 aliphatic heterocycles. The summed E-state index contributed by atoms with van der Waals surface area (Å²) in [6.07, 6.45) is 0.